The van der Waals surface area contributed by atoms with E-state index >= 15 is 0 Å². The van der Waals surface area contributed by atoms with Crippen LogP contribution in [-0.2, 0) is 4.79 Å². The molecule has 3 rings (SSSR count). The molecule has 1 heterocycles. The Balaban J connectivity index is 1.87. The second-order valence-electron chi connectivity index (χ2n) is 5.73. The molecule has 134 valence electrons. The number of benzene rings is 2. The normalized spacial score (nSPS) is 15.8. The van der Waals surface area contributed by atoms with Gasteiger partial charge in [0.25, 0.3) is 5.91 Å². The van der Waals surface area contributed by atoms with Crippen LogP contribution < -0.4 is 9.80 Å². The molecular weight excluding hydrogens is 384 g/mol. The second kappa shape index (κ2) is 8.25. The molecule has 0 spiro atoms. The van der Waals surface area contributed by atoms with E-state index in [2.05, 4.69) is 18.7 Å². The third kappa shape index (κ3) is 3.80. The lowest BCUT2D eigenvalue weighted by Gasteiger charge is -2.22. The molecule has 0 radical (unpaired) electrons. The van der Waals surface area contributed by atoms with Gasteiger partial charge in [-0.15, -0.1) is 0 Å². The molecule has 0 unspecified atom stereocenters. The maximum absolute atomic E-state index is 12.9. The average Bonchev–Trinajstić information content (AvgIpc) is 2.92. The highest BCUT2D eigenvalue weighted by Crippen LogP contribution is 2.37. The lowest BCUT2D eigenvalue weighted by atomic mass is 10.2. The number of hydrogen-bond donors (Lipinski definition) is 0. The predicted molar refractivity (Wildman–Crippen MR) is 117 cm³/mol. The first-order valence-electron chi connectivity index (χ1n) is 8.42. The van der Waals surface area contributed by atoms with Crippen molar-refractivity contribution in [2.24, 2.45) is 0 Å². The Labute approximate surface area is 168 Å². The molecule has 0 saturated carbocycles. The number of carbonyl (C=O) groups excluding carboxylic acids is 1. The molecule has 0 N–H and O–H groups in total. The molecule has 1 amide bonds. The van der Waals surface area contributed by atoms with Gasteiger partial charge in [-0.3, -0.25) is 9.69 Å². The topological polar surface area (TPSA) is 23.6 Å². The fourth-order valence-electron chi connectivity index (χ4n) is 2.82. The van der Waals surface area contributed by atoms with Gasteiger partial charge in [-0.1, -0.05) is 53.8 Å². The van der Waals surface area contributed by atoms with Crippen molar-refractivity contribution in [1.82, 2.24) is 0 Å². The van der Waals surface area contributed by atoms with Crippen molar-refractivity contribution in [2.75, 3.05) is 22.9 Å². The van der Waals surface area contributed by atoms with Crippen molar-refractivity contribution in [3.8, 4) is 0 Å². The molecule has 1 saturated heterocycles. The molecule has 1 aliphatic heterocycles. The highest BCUT2D eigenvalue weighted by atomic mass is 35.5. The monoisotopic (exact) mass is 402 g/mol. The zero-order valence-electron chi connectivity index (χ0n) is 14.6. The highest BCUT2D eigenvalue weighted by Gasteiger charge is 2.33. The Bertz CT molecular complexity index is 860. The molecule has 3 nitrogen and oxygen atoms in total. The molecule has 0 aromatic heterocycles. The van der Waals surface area contributed by atoms with Crippen molar-refractivity contribution >= 4 is 63.3 Å². The van der Waals surface area contributed by atoms with Gasteiger partial charge in [-0.2, -0.15) is 0 Å². The van der Waals surface area contributed by atoms with Crippen molar-refractivity contribution < 1.29 is 4.79 Å². The SMILES string of the molecule is CCN(CC)c1ccc(N2C(=O)/C(=C/c3ccccc3Cl)SC2=S)cc1. The summed E-state index contributed by atoms with van der Waals surface area (Å²) >= 11 is 12.9. The highest BCUT2D eigenvalue weighted by molar-refractivity contribution is 8.27. The van der Waals surface area contributed by atoms with Gasteiger partial charge >= 0.3 is 0 Å². The molecular formula is C20H19ClN2OS2. The van der Waals surface area contributed by atoms with Gasteiger partial charge < -0.3 is 4.90 Å². The van der Waals surface area contributed by atoms with E-state index < -0.39 is 0 Å². The number of carbonyl (C=O) groups is 1. The summed E-state index contributed by atoms with van der Waals surface area (Å²) in [6.45, 7) is 6.13. The zero-order chi connectivity index (χ0) is 18.7. The Morgan fingerprint density at radius 3 is 2.38 bits per heavy atom. The molecule has 1 aliphatic rings. The van der Waals surface area contributed by atoms with Crippen LogP contribution in [0.3, 0.4) is 0 Å². The van der Waals surface area contributed by atoms with Gasteiger partial charge in [-0.25, -0.2) is 0 Å². The third-order valence-electron chi connectivity index (χ3n) is 4.22. The van der Waals surface area contributed by atoms with Crippen LogP contribution in [0, 0.1) is 0 Å². The molecule has 0 bridgehead atoms. The van der Waals surface area contributed by atoms with E-state index in [4.69, 9.17) is 23.8 Å². The van der Waals surface area contributed by atoms with Crippen LogP contribution in [-0.4, -0.2) is 23.3 Å². The van der Waals surface area contributed by atoms with Gasteiger partial charge in [0.15, 0.2) is 4.32 Å². The fraction of sp³-hybridized carbons (Fsp3) is 0.200. The zero-order valence-corrected chi connectivity index (χ0v) is 17.0. The maximum atomic E-state index is 12.9. The van der Waals surface area contributed by atoms with E-state index in [-0.39, 0.29) is 5.91 Å². The Kier molecular flexibility index (Phi) is 6.01. The minimum atomic E-state index is -0.115. The van der Waals surface area contributed by atoms with E-state index in [1.807, 2.05) is 42.5 Å². The lowest BCUT2D eigenvalue weighted by molar-refractivity contribution is -0.113. The molecule has 0 atom stereocenters. The number of thiocarbonyl (C=S) groups is 1. The summed E-state index contributed by atoms with van der Waals surface area (Å²) in [6.07, 6.45) is 1.80. The summed E-state index contributed by atoms with van der Waals surface area (Å²) in [7, 11) is 0. The van der Waals surface area contributed by atoms with Gasteiger partial charge in [0.1, 0.15) is 0 Å². The van der Waals surface area contributed by atoms with Crippen LogP contribution in [0.25, 0.3) is 6.08 Å². The minimum Gasteiger partial charge on any atom is -0.372 e. The number of anilines is 2. The number of rotatable bonds is 5. The molecule has 0 aliphatic carbocycles. The van der Waals surface area contributed by atoms with Gasteiger partial charge in [0.2, 0.25) is 0 Å². The van der Waals surface area contributed by atoms with E-state index in [9.17, 15) is 4.79 Å². The second-order valence-corrected chi connectivity index (χ2v) is 7.81. The Morgan fingerprint density at radius 1 is 1.12 bits per heavy atom. The van der Waals surface area contributed by atoms with Crippen molar-refractivity contribution in [3.63, 3.8) is 0 Å². The summed E-state index contributed by atoms with van der Waals surface area (Å²) in [5, 5.41) is 0.612. The maximum Gasteiger partial charge on any atom is 0.270 e. The smallest absolute Gasteiger partial charge is 0.270 e. The van der Waals surface area contributed by atoms with E-state index in [1.54, 1.807) is 17.0 Å². The first-order chi connectivity index (χ1) is 12.5. The van der Waals surface area contributed by atoms with Crippen LogP contribution >= 0.6 is 35.6 Å². The van der Waals surface area contributed by atoms with Gasteiger partial charge in [0, 0.05) is 23.8 Å². The number of amides is 1. The predicted octanol–water partition coefficient (Wildman–Crippen LogP) is 5.59. The molecule has 6 heteroatoms. The fourth-order valence-corrected chi connectivity index (χ4v) is 4.31. The largest absolute Gasteiger partial charge is 0.372 e. The standard InChI is InChI=1S/C20H19ClN2OS2/c1-3-22(4-2)15-9-11-16(12-10-15)23-19(24)18(26-20(23)25)13-14-7-5-6-8-17(14)21/h5-13H,3-4H2,1-2H3/b18-13-. The van der Waals surface area contributed by atoms with Crippen LogP contribution in [0.4, 0.5) is 11.4 Å². The van der Waals surface area contributed by atoms with Crippen LogP contribution in [0.2, 0.25) is 5.02 Å². The molecule has 2 aromatic rings. The Hall–Kier alpha value is -1.82. The first kappa shape index (κ1) is 19.0. The number of hydrogen-bond acceptors (Lipinski definition) is 4. The van der Waals surface area contributed by atoms with Crippen molar-refractivity contribution in [2.45, 2.75) is 13.8 Å². The number of nitrogens with zero attached hydrogens (tertiary/aromatic N) is 2. The first-order valence-corrected chi connectivity index (χ1v) is 10.0. The quantitative estimate of drug-likeness (QED) is 0.480. The molecule has 1 fully saturated rings. The molecule has 26 heavy (non-hydrogen) atoms. The summed E-state index contributed by atoms with van der Waals surface area (Å²) in [4.78, 5) is 17.3. The third-order valence-corrected chi connectivity index (χ3v) is 5.87. The van der Waals surface area contributed by atoms with E-state index in [1.165, 1.54) is 11.8 Å². The summed E-state index contributed by atoms with van der Waals surface area (Å²) in [6, 6.07) is 15.4. The lowest BCUT2D eigenvalue weighted by Crippen LogP contribution is -2.27. The summed E-state index contributed by atoms with van der Waals surface area (Å²) in [5.41, 5.74) is 2.73. The summed E-state index contributed by atoms with van der Waals surface area (Å²) in [5.74, 6) is -0.115. The van der Waals surface area contributed by atoms with Crippen molar-refractivity contribution in [1.29, 1.82) is 0 Å². The van der Waals surface area contributed by atoms with E-state index in [0.29, 0.717) is 14.2 Å². The number of thioether (sulfide) groups is 1. The Morgan fingerprint density at radius 2 is 1.77 bits per heavy atom. The average molecular weight is 403 g/mol. The van der Waals surface area contributed by atoms with Gasteiger partial charge in [0.05, 0.1) is 10.6 Å². The van der Waals surface area contributed by atoms with Gasteiger partial charge in [-0.05, 0) is 55.8 Å². The van der Waals surface area contributed by atoms with Crippen molar-refractivity contribution in [3.05, 3.63) is 64.0 Å². The summed E-state index contributed by atoms with van der Waals surface area (Å²) < 4.78 is 0.531. The minimum absolute atomic E-state index is 0.115. The molecule has 2 aromatic carbocycles. The van der Waals surface area contributed by atoms with E-state index in [0.717, 1.165) is 30.0 Å². The van der Waals surface area contributed by atoms with Crippen LogP contribution in [0.1, 0.15) is 19.4 Å². The van der Waals surface area contributed by atoms with Crippen LogP contribution in [0.15, 0.2) is 53.4 Å². The van der Waals surface area contributed by atoms with Crippen LogP contribution in [0.5, 0.6) is 0 Å². The number of halogens is 1.